The van der Waals surface area contributed by atoms with E-state index in [0.29, 0.717) is 5.69 Å². The Morgan fingerprint density at radius 3 is 2.37 bits per heavy atom. The zero-order chi connectivity index (χ0) is 20.0. The van der Waals surface area contributed by atoms with Crippen molar-refractivity contribution in [3.8, 4) is 5.75 Å². The van der Waals surface area contributed by atoms with Crippen molar-refractivity contribution < 1.29 is 29.3 Å². The highest BCUT2D eigenvalue weighted by Crippen LogP contribution is 2.25. The van der Waals surface area contributed by atoms with E-state index in [2.05, 4.69) is 5.32 Å². The molecule has 0 unspecified atom stereocenters. The lowest BCUT2D eigenvalue weighted by atomic mass is 10.1. The maximum absolute atomic E-state index is 12.4. The summed E-state index contributed by atoms with van der Waals surface area (Å²) in [6.07, 6.45) is 0. The van der Waals surface area contributed by atoms with Crippen molar-refractivity contribution in [2.24, 2.45) is 0 Å². The van der Waals surface area contributed by atoms with Crippen LogP contribution in [0.1, 0.15) is 22.8 Å². The van der Waals surface area contributed by atoms with Gasteiger partial charge in [0.25, 0.3) is 5.91 Å². The summed E-state index contributed by atoms with van der Waals surface area (Å²) in [6.45, 7) is 1.23. The van der Waals surface area contributed by atoms with Crippen molar-refractivity contribution in [3.05, 3.63) is 53.6 Å². The van der Waals surface area contributed by atoms with Gasteiger partial charge in [0, 0.05) is 19.7 Å². The van der Waals surface area contributed by atoms with Gasteiger partial charge in [-0.1, -0.05) is 12.1 Å². The van der Waals surface area contributed by atoms with E-state index >= 15 is 0 Å². The summed E-state index contributed by atoms with van der Waals surface area (Å²) in [4.78, 5) is 36.2. The first-order valence-electron chi connectivity index (χ1n) is 8.05. The van der Waals surface area contributed by atoms with Crippen LogP contribution >= 0.6 is 0 Å². The minimum atomic E-state index is -1.19. The molecule has 0 radical (unpaired) electrons. The fourth-order valence-corrected chi connectivity index (χ4v) is 2.35. The second-order valence-electron chi connectivity index (χ2n) is 5.83. The number of benzene rings is 2. The Morgan fingerprint density at radius 2 is 1.78 bits per heavy atom. The summed E-state index contributed by atoms with van der Waals surface area (Å²) in [5.74, 6) is -1.81. The van der Waals surface area contributed by atoms with E-state index in [1.54, 1.807) is 12.1 Å². The molecule has 2 rings (SSSR count). The van der Waals surface area contributed by atoms with Crippen molar-refractivity contribution in [1.82, 2.24) is 0 Å². The number of anilines is 2. The monoisotopic (exact) mass is 372 g/mol. The van der Waals surface area contributed by atoms with Crippen molar-refractivity contribution in [2.75, 3.05) is 23.9 Å². The Kier molecular flexibility index (Phi) is 6.51. The van der Waals surface area contributed by atoms with Crippen molar-refractivity contribution in [2.45, 2.75) is 13.5 Å². The maximum Gasteiger partial charge on any atom is 0.337 e. The van der Waals surface area contributed by atoms with Crippen LogP contribution in [-0.2, 0) is 20.9 Å². The molecule has 0 aliphatic carbocycles. The first kappa shape index (κ1) is 19.9. The maximum atomic E-state index is 12.4. The fourth-order valence-electron chi connectivity index (χ4n) is 2.35. The van der Waals surface area contributed by atoms with E-state index in [1.165, 1.54) is 49.2 Å². The summed E-state index contributed by atoms with van der Waals surface area (Å²) < 4.78 is 5.37. The molecule has 3 N–H and O–H groups in total. The van der Waals surface area contributed by atoms with E-state index in [4.69, 9.17) is 4.74 Å². The largest absolute Gasteiger partial charge is 0.508 e. The summed E-state index contributed by atoms with van der Waals surface area (Å²) in [6, 6.07) is 10.6. The smallest absolute Gasteiger partial charge is 0.337 e. The third kappa shape index (κ3) is 5.55. The van der Waals surface area contributed by atoms with Gasteiger partial charge in [-0.2, -0.15) is 0 Å². The summed E-state index contributed by atoms with van der Waals surface area (Å²) >= 11 is 0. The molecule has 0 aliphatic rings. The number of carboxylic acids is 1. The molecule has 8 heteroatoms. The Morgan fingerprint density at radius 1 is 1.11 bits per heavy atom. The highest BCUT2D eigenvalue weighted by Gasteiger charge is 2.19. The summed E-state index contributed by atoms with van der Waals surface area (Å²) in [5.41, 5.74) is 1.24. The van der Waals surface area contributed by atoms with Crippen molar-refractivity contribution in [3.63, 3.8) is 0 Å². The number of carbonyl (C=O) groups is 3. The van der Waals surface area contributed by atoms with E-state index < -0.39 is 11.9 Å². The van der Waals surface area contributed by atoms with Crippen LogP contribution < -0.4 is 10.2 Å². The van der Waals surface area contributed by atoms with Gasteiger partial charge in [-0.05, 0) is 35.9 Å². The molecule has 0 saturated carbocycles. The molecule has 0 atom stereocenters. The zero-order valence-electron chi connectivity index (χ0n) is 14.9. The number of aromatic hydroxyl groups is 1. The van der Waals surface area contributed by atoms with E-state index in [1.807, 2.05) is 0 Å². The molecule has 0 saturated heterocycles. The Labute approximate surface area is 156 Å². The minimum absolute atomic E-state index is 0.0708. The SMILES string of the molecule is CC(=O)Nc1ccc(C(=O)O)c(N(C)C(=O)COCc2ccc(O)cc2)c1. The first-order valence-corrected chi connectivity index (χ1v) is 8.05. The van der Waals surface area contributed by atoms with Gasteiger partial charge in [-0.15, -0.1) is 0 Å². The Bertz CT molecular complexity index is 848. The molecular weight excluding hydrogens is 352 g/mol. The third-order valence-electron chi connectivity index (χ3n) is 3.71. The number of aromatic carboxylic acids is 1. The topological polar surface area (TPSA) is 116 Å². The quantitative estimate of drug-likeness (QED) is 0.686. The predicted molar refractivity (Wildman–Crippen MR) is 98.9 cm³/mol. The normalized spacial score (nSPS) is 10.3. The number of phenols is 1. The highest BCUT2D eigenvalue weighted by molar-refractivity contribution is 6.03. The summed E-state index contributed by atoms with van der Waals surface area (Å²) in [5, 5.41) is 21.1. The zero-order valence-corrected chi connectivity index (χ0v) is 14.9. The summed E-state index contributed by atoms with van der Waals surface area (Å²) in [7, 11) is 1.44. The number of amides is 2. The van der Waals surface area contributed by atoms with Crippen LogP contribution in [0.25, 0.3) is 0 Å². The lowest BCUT2D eigenvalue weighted by Gasteiger charge is -2.20. The molecule has 142 valence electrons. The van der Waals surface area contributed by atoms with Crippen LogP contribution in [0.2, 0.25) is 0 Å². The number of hydrogen-bond acceptors (Lipinski definition) is 5. The van der Waals surface area contributed by atoms with Gasteiger partial charge in [0.05, 0.1) is 17.9 Å². The van der Waals surface area contributed by atoms with Gasteiger partial charge in [0.15, 0.2) is 0 Å². The number of likely N-dealkylation sites (N-methyl/N-ethyl adjacent to an activating group) is 1. The van der Waals surface area contributed by atoms with Crippen LogP contribution in [0.15, 0.2) is 42.5 Å². The average molecular weight is 372 g/mol. The molecule has 0 bridgehead atoms. The Balaban J connectivity index is 2.08. The average Bonchev–Trinajstić information content (AvgIpc) is 2.61. The molecule has 8 nitrogen and oxygen atoms in total. The number of ether oxygens (including phenoxy) is 1. The predicted octanol–water partition coefficient (Wildman–Crippen LogP) is 2.23. The number of rotatable bonds is 7. The molecule has 0 aromatic heterocycles. The van der Waals surface area contributed by atoms with Crippen molar-refractivity contribution >= 4 is 29.2 Å². The van der Waals surface area contributed by atoms with Gasteiger partial charge in [0.1, 0.15) is 12.4 Å². The van der Waals surface area contributed by atoms with Crippen molar-refractivity contribution in [1.29, 1.82) is 0 Å². The number of carbonyl (C=O) groups excluding carboxylic acids is 2. The van der Waals surface area contributed by atoms with Crippen LogP contribution in [-0.4, -0.2) is 41.7 Å². The third-order valence-corrected chi connectivity index (χ3v) is 3.71. The molecule has 0 aliphatic heterocycles. The van der Waals surface area contributed by atoms with Gasteiger partial charge in [-0.25, -0.2) is 4.79 Å². The van der Waals surface area contributed by atoms with Gasteiger partial charge >= 0.3 is 5.97 Å². The molecule has 27 heavy (non-hydrogen) atoms. The van der Waals surface area contributed by atoms with Gasteiger partial charge in [0.2, 0.25) is 5.91 Å². The van der Waals surface area contributed by atoms with Crippen LogP contribution in [0, 0.1) is 0 Å². The number of carboxylic acid groups (broad SMARTS) is 1. The second-order valence-corrected chi connectivity index (χ2v) is 5.83. The van der Waals surface area contributed by atoms with Gasteiger partial charge < -0.3 is 25.2 Å². The molecule has 2 amide bonds. The number of nitrogens with zero attached hydrogens (tertiary/aromatic N) is 1. The highest BCUT2D eigenvalue weighted by atomic mass is 16.5. The van der Waals surface area contributed by atoms with Crippen LogP contribution in [0.4, 0.5) is 11.4 Å². The van der Waals surface area contributed by atoms with E-state index in [-0.39, 0.29) is 36.1 Å². The van der Waals surface area contributed by atoms with Crippen LogP contribution in [0.5, 0.6) is 5.75 Å². The molecule has 0 heterocycles. The second kappa shape index (κ2) is 8.81. The molecule has 2 aromatic rings. The van der Waals surface area contributed by atoms with Crippen LogP contribution in [0.3, 0.4) is 0 Å². The molecule has 0 spiro atoms. The number of phenolic OH excluding ortho intramolecular Hbond substituents is 1. The van der Waals surface area contributed by atoms with E-state index in [9.17, 15) is 24.6 Å². The molecule has 2 aromatic carbocycles. The van der Waals surface area contributed by atoms with E-state index in [0.717, 1.165) is 5.56 Å². The molecular formula is C19H20N2O6. The molecule has 0 fully saturated rings. The number of hydrogen-bond donors (Lipinski definition) is 3. The first-order chi connectivity index (χ1) is 12.8. The Hall–Kier alpha value is -3.39. The fraction of sp³-hybridized carbons (Fsp3) is 0.211. The lowest BCUT2D eigenvalue weighted by molar-refractivity contribution is -0.123. The van der Waals surface area contributed by atoms with Gasteiger partial charge in [-0.3, -0.25) is 9.59 Å². The standard InChI is InChI=1S/C19H20N2O6/c1-12(22)20-14-5-8-16(19(25)26)17(9-14)21(2)18(24)11-27-10-13-3-6-15(23)7-4-13/h3-9,23H,10-11H2,1-2H3,(H,20,22)(H,25,26). The minimum Gasteiger partial charge on any atom is -0.508 e. The number of nitrogens with one attached hydrogen (secondary N) is 1. The lowest BCUT2D eigenvalue weighted by Crippen LogP contribution is -2.31.